The van der Waals surface area contributed by atoms with E-state index in [1.807, 2.05) is 0 Å². The quantitative estimate of drug-likeness (QED) is 0.368. The molecule has 0 aromatic rings. The number of fused-ring (bicyclic) bond motifs is 1. The van der Waals surface area contributed by atoms with Gasteiger partial charge in [0.15, 0.2) is 23.7 Å². The molecular weight excluding hydrogens is 436 g/mol. The lowest BCUT2D eigenvalue weighted by atomic mass is 10.1. The van der Waals surface area contributed by atoms with Crippen molar-refractivity contribution in [1.29, 1.82) is 0 Å². The lowest BCUT2D eigenvalue weighted by Gasteiger charge is -2.38. The van der Waals surface area contributed by atoms with E-state index in [9.17, 15) is 14.4 Å². The van der Waals surface area contributed by atoms with Crippen LogP contribution in [0.2, 0.25) is 0 Å². The molecule has 2 aliphatic heterocycles. The molecule has 0 spiro atoms. The van der Waals surface area contributed by atoms with E-state index >= 15 is 0 Å². The molecule has 2 amide bonds. The number of nitrogens with one attached hydrogen (secondary N) is 1. The summed E-state index contributed by atoms with van der Waals surface area (Å²) in [5.41, 5.74) is -1.58. The molecule has 2 rings (SSSR count). The number of carbonyl (C=O) groups is 3. The smallest absolute Gasteiger partial charge is 0.410 e. The van der Waals surface area contributed by atoms with Crippen molar-refractivity contribution in [3.05, 3.63) is 0 Å². The number of nitrogens with zero attached hydrogens (tertiary/aromatic N) is 1. The Morgan fingerprint density at radius 1 is 1.29 bits per heavy atom. The number of alkyl halides is 1. The zero-order chi connectivity index (χ0) is 23.6. The Morgan fingerprint density at radius 3 is 2.52 bits per heavy atom. The molecule has 0 saturated carbocycles. The molecule has 0 bridgehead atoms. The fourth-order valence-corrected chi connectivity index (χ4v) is 3.06. The summed E-state index contributed by atoms with van der Waals surface area (Å²) in [5, 5.41) is 2.47. The summed E-state index contributed by atoms with van der Waals surface area (Å²) in [4.78, 5) is 37.7. The van der Waals surface area contributed by atoms with Crippen LogP contribution in [0.15, 0.2) is 0 Å². The van der Waals surface area contributed by atoms with Gasteiger partial charge in [0.05, 0.1) is 6.61 Å². The van der Waals surface area contributed by atoms with Crippen molar-refractivity contribution in [2.75, 3.05) is 20.2 Å². The van der Waals surface area contributed by atoms with Crippen molar-refractivity contribution in [2.24, 2.45) is 0 Å². The second kappa shape index (κ2) is 9.76. The Balaban J connectivity index is 2.07. The summed E-state index contributed by atoms with van der Waals surface area (Å²) < 4.78 is 32.8. The van der Waals surface area contributed by atoms with E-state index in [1.165, 1.54) is 14.0 Å². The number of hydrogen-bond donors (Lipinski definition) is 1. The van der Waals surface area contributed by atoms with E-state index in [-0.39, 0.29) is 13.2 Å². The Bertz CT molecular complexity index is 680. The summed E-state index contributed by atoms with van der Waals surface area (Å²) in [5.74, 6) is -1.68. The van der Waals surface area contributed by atoms with Crippen LogP contribution in [0.25, 0.3) is 0 Å². The van der Waals surface area contributed by atoms with Crippen molar-refractivity contribution in [1.82, 2.24) is 10.2 Å². The molecule has 1 N–H and O–H groups in total. The number of halogens is 1. The van der Waals surface area contributed by atoms with Gasteiger partial charge >= 0.3 is 18.2 Å². The molecule has 0 aliphatic carbocycles. The van der Waals surface area contributed by atoms with Crippen LogP contribution < -0.4 is 5.32 Å². The zero-order valence-corrected chi connectivity index (χ0v) is 19.6. The third-order valence-corrected chi connectivity index (χ3v) is 4.28. The topological polar surface area (TPSA) is 122 Å². The Labute approximate surface area is 186 Å². The highest BCUT2D eigenvalue weighted by atomic mass is 35.5. The Morgan fingerprint density at radius 2 is 1.94 bits per heavy atom. The number of ether oxygens (including phenoxy) is 6. The van der Waals surface area contributed by atoms with Gasteiger partial charge < -0.3 is 33.3 Å². The van der Waals surface area contributed by atoms with E-state index < -0.39 is 59.6 Å². The second-order valence-electron chi connectivity index (χ2n) is 8.77. The van der Waals surface area contributed by atoms with Crippen LogP contribution in [-0.2, 0) is 33.2 Å². The van der Waals surface area contributed by atoms with Gasteiger partial charge in [-0.2, -0.15) is 0 Å². The van der Waals surface area contributed by atoms with Crippen LogP contribution in [0, 0.1) is 0 Å². The lowest BCUT2D eigenvalue weighted by molar-refractivity contribution is -0.300. The standard InChI is InChI=1S/C19H31ClN2O9/c1-10(20)27-16(24)21-15-14(13-11(28-15)9-26-19(5,6)30-13)29-12(23)8-22(7)17(25)31-18(2,3)4/h10-11,13-15H,8-9H2,1-7H3,(H,21,24)/t10?,11-,13+,14-,15?/m1/s1. The van der Waals surface area contributed by atoms with Crippen LogP contribution in [-0.4, -0.2) is 84.7 Å². The molecule has 0 aromatic carbocycles. The second-order valence-corrected chi connectivity index (χ2v) is 9.39. The Kier molecular flexibility index (Phi) is 8.01. The molecule has 5 atom stereocenters. The minimum atomic E-state index is -1.06. The van der Waals surface area contributed by atoms with Gasteiger partial charge in [-0.25, -0.2) is 9.59 Å². The number of esters is 1. The molecule has 11 nitrogen and oxygen atoms in total. The van der Waals surface area contributed by atoms with Crippen LogP contribution in [0.4, 0.5) is 9.59 Å². The largest absolute Gasteiger partial charge is 0.453 e. The van der Waals surface area contributed by atoms with Crippen molar-refractivity contribution >= 4 is 29.8 Å². The minimum absolute atomic E-state index is 0.169. The molecule has 2 heterocycles. The normalized spacial score (nSPS) is 28.1. The van der Waals surface area contributed by atoms with E-state index in [4.69, 9.17) is 40.0 Å². The van der Waals surface area contributed by atoms with Crippen LogP contribution in [0.3, 0.4) is 0 Å². The summed E-state index contributed by atoms with van der Waals surface area (Å²) in [7, 11) is 1.41. The predicted molar refractivity (Wildman–Crippen MR) is 107 cm³/mol. The first kappa shape index (κ1) is 25.4. The first-order valence-corrected chi connectivity index (χ1v) is 10.3. The van der Waals surface area contributed by atoms with Crippen LogP contribution in [0.5, 0.6) is 0 Å². The maximum Gasteiger partial charge on any atom is 0.410 e. The summed E-state index contributed by atoms with van der Waals surface area (Å²) in [6, 6.07) is 0. The molecular formula is C19H31ClN2O9. The van der Waals surface area contributed by atoms with Crippen molar-refractivity contribution < 1.29 is 42.8 Å². The van der Waals surface area contributed by atoms with Crippen LogP contribution >= 0.6 is 11.6 Å². The molecule has 31 heavy (non-hydrogen) atoms. The van der Waals surface area contributed by atoms with Gasteiger partial charge in [0.1, 0.15) is 24.4 Å². The van der Waals surface area contributed by atoms with Gasteiger partial charge in [0.2, 0.25) is 0 Å². The Hall–Kier alpha value is -1.82. The monoisotopic (exact) mass is 466 g/mol. The van der Waals surface area contributed by atoms with Crippen molar-refractivity contribution in [3.63, 3.8) is 0 Å². The predicted octanol–water partition coefficient (Wildman–Crippen LogP) is 1.95. The van der Waals surface area contributed by atoms with E-state index in [1.54, 1.807) is 34.6 Å². The van der Waals surface area contributed by atoms with E-state index in [0.717, 1.165) is 4.90 Å². The SMILES string of the molecule is CC(Cl)OC(=O)NC1O[C@@H]2COC(C)(C)O[C@@H]2[C@H]1OC(=O)CN(C)C(=O)OC(C)(C)C. The summed E-state index contributed by atoms with van der Waals surface area (Å²) in [6.45, 7) is 9.84. The number of alkyl carbamates (subject to hydrolysis) is 1. The number of rotatable bonds is 5. The average Bonchev–Trinajstić information content (AvgIpc) is 2.88. The number of carbonyl (C=O) groups excluding carboxylic acids is 3. The van der Waals surface area contributed by atoms with Gasteiger partial charge in [-0.1, -0.05) is 11.6 Å². The van der Waals surface area contributed by atoms with Gasteiger partial charge in [-0.15, -0.1) is 0 Å². The average molecular weight is 467 g/mol. The number of likely N-dealkylation sites (N-methyl/N-ethyl adjacent to an activating group) is 1. The highest BCUT2D eigenvalue weighted by Crippen LogP contribution is 2.34. The van der Waals surface area contributed by atoms with Crippen molar-refractivity contribution in [2.45, 2.75) is 83.0 Å². The van der Waals surface area contributed by atoms with Gasteiger partial charge in [-0.05, 0) is 41.5 Å². The number of amides is 2. The lowest BCUT2D eigenvalue weighted by Crippen LogP contribution is -2.53. The maximum absolute atomic E-state index is 12.5. The zero-order valence-electron chi connectivity index (χ0n) is 18.8. The highest BCUT2D eigenvalue weighted by Gasteiger charge is 2.53. The minimum Gasteiger partial charge on any atom is -0.453 e. The van der Waals surface area contributed by atoms with Gasteiger partial charge in [0, 0.05) is 7.05 Å². The summed E-state index contributed by atoms with van der Waals surface area (Å²) >= 11 is 5.67. The fraction of sp³-hybridized carbons (Fsp3) is 0.842. The third-order valence-electron chi connectivity index (χ3n) is 4.19. The van der Waals surface area contributed by atoms with Gasteiger partial charge in [-0.3, -0.25) is 10.1 Å². The molecule has 12 heteroatoms. The molecule has 2 unspecified atom stereocenters. The fourth-order valence-electron chi connectivity index (χ4n) is 2.98. The summed E-state index contributed by atoms with van der Waals surface area (Å²) in [6.07, 6.45) is -4.90. The van der Waals surface area contributed by atoms with Gasteiger partial charge in [0.25, 0.3) is 0 Å². The molecule has 0 radical (unpaired) electrons. The van der Waals surface area contributed by atoms with E-state index in [0.29, 0.717) is 0 Å². The molecule has 178 valence electrons. The van der Waals surface area contributed by atoms with Crippen molar-refractivity contribution in [3.8, 4) is 0 Å². The van der Waals surface area contributed by atoms with Crippen LogP contribution in [0.1, 0.15) is 41.5 Å². The molecule has 2 saturated heterocycles. The maximum atomic E-state index is 12.5. The van der Waals surface area contributed by atoms with E-state index in [2.05, 4.69) is 5.32 Å². The molecule has 2 fully saturated rings. The molecule has 2 aliphatic rings. The molecule has 0 aromatic heterocycles. The number of hydrogen-bond acceptors (Lipinski definition) is 9. The third kappa shape index (κ3) is 7.67. The first-order valence-electron chi connectivity index (χ1n) is 9.89. The highest BCUT2D eigenvalue weighted by molar-refractivity contribution is 6.19. The first-order chi connectivity index (χ1) is 14.2.